The Morgan fingerprint density at radius 2 is 1.21 bits per heavy atom. The predicted octanol–water partition coefficient (Wildman–Crippen LogP) is 3.37. The van der Waals surface area contributed by atoms with Gasteiger partial charge in [0.1, 0.15) is 0 Å². The van der Waals surface area contributed by atoms with E-state index in [1.807, 2.05) is 0 Å². The number of rotatable bonds is 2. The summed E-state index contributed by atoms with van der Waals surface area (Å²) >= 11 is 0.194. The first-order chi connectivity index (χ1) is 11.1. The molecule has 0 saturated carbocycles. The number of aromatic amines is 1. The van der Waals surface area contributed by atoms with Gasteiger partial charge in [-0.2, -0.15) is 9.98 Å². The van der Waals surface area contributed by atoms with E-state index in [4.69, 9.17) is 20.2 Å². The Morgan fingerprint density at radius 3 is 1.46 bits per heavy atom. The number of aliphatic imine (C=N–C) groups is 2. The Balaban J connectivity index is 0.00000163. The number of nitrogens with one attached hydrogen (secondary N) is 1. The number of halogens is 2. The van der Waals surface area contributed by atoms with Crippen molar-refractivity contribution in [3.8, 4) is 0 Å². The zero-order valence-corrected chi connectivity index (χ0v) is 17.0. The van der Waals surface area contributed by atoms with E-state index in [1.165, 1.54) is 9.80 Å². The van der Waals surface area contributed by atoms with Crippen molar-refractivity contribution >= 4 is 43.7 Å². The van der Waals surface area contributed by atoms with Crippen molar-refractivity contribution in [1.29, 1.82) is 0 Å². The quantitative estimate of drug-likeness (QED) is 0.591. The maximum absolute atomic E-state index is 11.5. The van der Waals surface area contributed by atoms with Gasteiger partial charge in [0.25, 0.3) is 0 Å². The number of amides is 4. The van der Waals surface area contributed by atoms with Gasteiger partial charge in [0, 0.05) is 28.2 Å². The van der Waals surface area contributed by atoms with E-state index in [0.29, 0.717) is 22.8 Å². The number of carbonyl (C=O) groups excluding carboxylic acids is 2. The van der Waals surface area contributed by atoms with Crippen molar-refractivity contribution in [1.82, 2.24) is 14.8 Å². The second-order valence-corrected chi connectivity index (χ2v) is 6.91. The van der Waals surface area contributed by atoms with Gasteiger partial charge < -0.3 is 14.8 Å². The number of aromatic nitrogens is 1. The summed E-state index contributed by atoms with van der Waals surface area (Å²) in [5.74, 6) is 0. The standard InChI is InChI=1S/C14H21N5O2.2ClH.Fe/c1-9(15-13(20)18(3)4)11-7-8-12(17-11)10(2)16-14(21)19(5)6;;;/h7-8,17H,1-6H3;2*1H;/q;;;+2/p-2/b15-9+,16-10+;;;. The molecule has 0 spiro atoms. The topological polar surface area (TPSA) is 81.1 Å². The number of hydrogen-bond acceptors (Lipinski definition) is 2. The van der Waals surface area contributed by atoms with Gasteiger partial charge in [-0.05, 0) is 26.0 Å². The van der Waals surface area contributed by atoms with Gasteiger partial charge in [0.05, 0.1) is 22.8 Å². The Morgan fingerprint density at radius 1 is 0.917 bits per heavy atom. The minimum absolute atomic E-state index is 0.194. The molecule has 24 heavy (non-hydrogen) atoms. The van der Waals surface area contributed by atoms with Crippen LogP contribution in [0.25, 0.3) is 0 Å². The van der Waals surface area contributed by atoms with Gasteiger partial charge >= 0.3 is 45.4 Å². The normalized spacial score (nSPS) is 11.7. The fourth-order valence-electron chi connectivity index (χ4n) is 1.42. The predicted molar refractivity (Wildman–Crippen MR) is 95.1 cm³/mol. The van der Waals surface area contributed by atoms with Gasteiger partial charge in [0.15, 0.2) is 0 Å². The third-order valence-electron chi connectivity index (χ3n) is 2.76. The van der Waals surface area contributed by atoms with Crippen LogP contribution in [0.2, 0.25) is 0 Å². The van der Waals surface area contributed by atoms with E-state index < -0.39 is 0 Å². The molecule has 136 valence electrons. The van der Waals surface area contributed by atoms with Crippen LogP contribution in [-0.2, 0) is 13.1 Å². The molecule has 1 aromatic rings. The van der Waals surface area contributed by atoms with Crippen molar-refractivity contribution < 1.29 is 22.7 Å². The summed E-state index contributed by atoms with van der Waals surface area (Å²) in [5, 5.41) is 0. The van der Waals surface area contributed by atoms with Gasteiger partial charge in [-0.25, -0.2) is 9.59 Å². The summed E-state index contributed by atoms with van der Waals surface area (Å²) in [7, 11) is 16.1. The number of urea groups is 2. The van der Waals surface area contributed by atoms with E-state index in [9.17, 15) is 9.59 Å². The molecule has 0 aliphatic heterocycles. The van der Waals surface area contributed by atoms with Crippen molar-refractivity contribution in [3.63, 3.8) is 0 Å². The Kier molecular flexibility index (Phi) is 10.6. The van der Waals surface area contributed by atoms with Crippen molar-refractivity contribution in [2.24, 2.45) is 9.98 Å². The molecule has 0 saturated heterocycles. The molecule has 0 unspecified atom stereocenters. The molecule has 0 atom stereocenters. The molecule has 0 aromatic carbocycles. The van der Waals surface area contributed by atoms with Crippen LogP contribution in [0.15, 0.2) is 22.1 Å². The van der Waals surface area contributed by atoms with Crippen molar-refractivity contribution in [2.45, 2.75) is 13.8 Å². The maximum atomic E-state index is 11.5. The molecular formula is C14H21Cl2FeN5O2. The van der Waals surface area contributed by atoms with Gasteiger partial charge in [0.2, 0.25) is 0 Å². The van der Waals surface area contributed by atoms with Crippen LogP contribution in [0.5, 0.6) is 0 Å². The monoisotopic (exact) mass is 417 g/mol. The molecule has 1 N–H and O–H groups in total. The fourth-order valence-corrected chi connectivity index (χ4v) is 1.42. The van der Waals surface area contributed by atoms with Crippen molar-refractivity contribution in [3.05, 3.63) is 23.5 Å². The second kappa shape index (κ2) is 11.3. The Bertz CT molecular complexity index is 576. The van der Waals surface area contributed by atoms with Gasteiger partial charge in [-0.3, -0.25) is 0 Å². The van der Waals surface area contributed by atoms with Crippen LogP contribution in [0.1, 0.15) is 25.2 Å². The van der Waals surface area contributed by atoms with Gasteiger partial charge in [-0.1, -0.05) is 0 Å². The number of nitrogens with zero attached hydrogens (tertiary/aromatic N) is 4. The van der Waals surface area contributed by atoms with Gasteiger partial charge in [-0.15, -0.1) is 0 Å². The zero-order valence-electron chi connectivity index (χ0n) is 14.4. The van der Waals surface area contributed by atoms with Crippen LogP contribution in [0.3, 0.4) is 0 Å². The van der Waals surface area contributed by atoms with Crippen LogP contribution in [0.4, 0.5) is 9.59 Å². The third kappa shape index (κ3) is 7.97. The molecule has 0 fully saturated rings. The van der Waals surface area contributed by atoms with Crippen LogP contribution in [-0.4, -0.2) is 66.5 Å². The molecule has 10 heteroatoms. The first-order valence-corrected chi connectivity index (χ1v) is 9.76. The summed E-state index contributed by atoms with van der Waals surface area (Å²) in [4.78, 5) is 36.9. The Hall–Kier alpha value is -1.34. The molecule has 1 heterocycles. The van der Waals surface area contributed by atoms with E-state index in [-0.39, 0.29) is 25.2 Å². The molecule has 0 bridgehead atoms. The van der Waals surface area contributed by atoms with E-state index >= 15 is 0 Å². The summed E-state index contributed by atoms with van der Waals surface area (Å²) < 4.78 is 0. The molecule has 1 aromatic heterocycles. The van der Waals surface area contributed by atoms with Crippen molar-refractivity contribution in [2.75, 3.05) is 28.2 Å². The van der Waals surface area contributed by atoms with E-state index in [2.05, 4.69) is 15.0 Å². The first kappa shape index (κ1) is 22.7. The van der Waals surface area contributed by atoms with E-state index in [0.717, 1.165) is 0 Å². The minimum atomic E-state index is -0.322. The van der Waals surface area contributed by atoms with E-state index in [1.54, 1.807) is 54.2 Å². The average Bonchev–Trinajstić information content (AvgIpc) is 2.97. The summed E-state index contributed by atoms with van der Waals surface area (Å²) in [6.45, 7) is 3.49. The zero-order chi connectivity index (χ0) is 18.9. The SMILES string of the molecule is C/C(=N\C(=O)N(C)C)c1ccc(/C(C)=N/C(=O)N(C)C)[nH]1.[Cl][Fe][Cl]. The molecule has 4 amide bonds. The summed E-state index contributed by atoms with van der Waals surface area (Å²) in [5.41, 5.74) is 2.58. The second-order valence-electron chi connectivity index (χ2n) is 5.08. The number of carbonyl (C=O) groups is 2. The molecule has 0 radical (unpaired) electrons. The number of H-pyrrole nitrogens is 1. The molecule has 1 rings (SSSR count). The third-order valence-corrected chi connectivity index (χ3v) is 2.76. The molecular weight excluding hydrogens is 397 g/mol. The van der Waals surface area contributed by atoms with Crippen LogP contribution in [0, 0.1) is 0 Å². The molecule has 7 nitrogen and oxygen atoms in total. The first-order valence-electron chi connectivity index (χ1n) is 6.72. The Labute approximate surface area is 156 Å². The molecule has 0 aliphatic carbocycles. The number of hydrogen-bond donors (Lipinski definition) is 1. The summed E-state index contributed by atoms with van der Waals surface area (Å²) in [6, 6.07) is 2.96. The van der Waals surface area contributed by atoms with Crippen LogP contribution < -0.4 is 0 Å². The molecule has 0 aliphatic rings. The average molecular weight is 418 g/mol. The summed E-state index contributed by atoms with van der Waals surface area (Å²) in [6.07, 6.45) is 0. The van der Waals surface area contributed by atoms with Crippen LogP contribution >= 0.6 is 20.2 Å². The fraction of sp³-hybridized carbons (Fsp3) is 0.429.